The van der Waals surface area contributed by atoms with Gasteiger partial charge in [-0.15, -0.1) is 0 Å². The molecular weight excluding hydrogens is 242 g/mol. The van der Waals surface area contributed by atoms with Crippen LogP contribution in [-0.4, -0.2) is 52.9 Å². The molecule has 1 N–H and O–H groups in total. The van der Waals surface area contributed by atoms with Crippen LogP contribution in [0.3, 0.4) is 0 Å². The molecule has 5 heteroatoms. The van der Waals surface area contributed by atoms with Crippen LogP contribution in [0.15, 0.2) is 17.1 Å². The molecule has 0 aliphatic carbocycles. The summed E-state index contributed by atoms with van der Waals surface area (Å²) in [5.41, 5.74) is 0.808. The van der Waals surface area contributed by atoms with Gasteiger partial charge >= 0.3 is 0 Å². The van der Waals surface area contributed by atoms with Crippen molar-refractivity contribution in [3.05, 3.63) is 33.7 Å². The third-order valence-electron chi connectivity index (χ3n) is 3.62. The highest BCUT2D eigenvalue weighted by molar-refractivity contribution is 5.93. The van der Waals surface area contributed by atoms with Crippen LogP contribution in [0.25, 0.3) is 0 Å². The molecule has 1 amide bonds. The summed E-state index contributed by atoms with van der Waals surface area (Å²) >= 11 is 0. The van der Waals surface area contributed by atoms with Crippen LogP contribution in [-0.2, 0) is 0 Å². The second-order valence-corrected chi connectivity index (χ2v) is 5.32. The van der Waals surface area contributed by atoms with Crippen LogP contribution in [0.1, 0.15) is 29.9 Å². The zero-order valence-corrected chi connectivity index (χ0v) is 11.8. The van der Waals surface area contributed by atoms with Gasteiger partial charge in [-0.1, -0.05) is 0 Å². The van der Waals surface area contributed by atoms with Crippen LogP contribution in [0, 0.1) is 6.92 Å². The first-order chi connectivity index (χ1) is 8.99. The van der Waals surface area contributed by atoms with Crippen molar-refractivity contribution in [2.45, 2.75) is 26.8 Å². The zero-order valence-electron chi connectivity index (χ0n) is 11.8. The molecule has 19 heavy (non-hydrogen) atoms. The van der Waals surface area contributed by atoms with Crippen molar-refractivity contribution >= 4 is 5.91 Å². The summed E-state index contributed by atoms with van der Waals surface area (Å²) in [6.07, 6.45) is 1.52. The third kappa shape index (κ3) is 3.04. The molecule has 104 valence electrons. The third-order valence-corrected chi connectivity index (χ3v) is 3.62. The molecule has 0 saturated carbocycles. The minimum atomic E-state index is -0.201. The first kappa shape index (κ1) is 13.8. The molecule has 0 radical (unpaired) electrons. The Kier molecular flexibility index (Phi) is 4.04. The first-order valence-corrected chi connectivity index (χ1v) is 6.71. The monoisotopic (exact) mass is 263 g/mol. The quantitative estimate of drug-likeness (QED) is 0.860. The van der Waals surface area contributed by atoms with Gasteiger partial charge < -0.3 is 9.88 Å². The van der Waals surface area contributed by atoms with E-state index in [2.05, 4.69) is 23.7 Å². The minimum Gasteiger partial charge on any atom is -0.364 e. The van der Waals surface area contributed by atoms with Gasteiger partial charge in [0.1, 0.15) is 5.56 Å². The van der Waals surface area contributed by atoms with Gasteiger partial charge in [-0.05, 0) is 20.8 Å². The summed E-state index contributed by atoms with van der Waals surface area (Å²) in [6.45, 7) is 9.22. The number of aryl methyl sites for hydroxylation is 1. The van der Waals surface area contributed by atoms with Crippen LogP contribution >= 0.6 is 0 Å². The van der Waals surface area contributed by atoms with Gasteiger partial charge in [-0.3, -0.25) is 14.5 Å². The molecule has 1 saturated heterocycles. The maximum Gasteiger partial charge on any atom is 0.259 e. The number of aromatic amines is 1. The van der Waals surface area contributed by atoms with Gasteiger partial charge in [0.15, 0.2) is 5.43 Å². The van der Waals surface area contributed by atoms with E-state index in [-0.39, 0.29) is 16.9 Å². The van der Waals surface area contributed by atoms with Gasteiger partial charge in [0, 0.05) is 50.2 Å². The highest BCUT2D eigenvalue weighted by Crippen LogP contribution is 2.08. The SMILES string of the molecule is Cc1cc(=O)c(C(=O)N2CCN(C(C)C)CC2)c[nH]1. The molecule has 1 aromatic heterocycles. The lowest BCUT2D eigenvalue weighted by Crippen LogP contribution is -2.51. The normalized spacial score (nSPS) is 16.9. The lowest BCUT2D eigenvalue weighted by atomic mass is 10.2. The standard InChI is InChI=1S/C14H21N3O2/c1-10(2)16-4-6-17(7-5-16)14(19)12-9-15-11(3)8-13(12)18/h8-10H,4-7H2,1-3H3,(H,15,18). The Labute approximate surface area is 113 Å². The first-order valence-electron chi connectivity index (χ1n) is 6.71. The lowest BCUT2D eigenvalue weighted by molar-refractivity contribution is 0.0594. The average molecular weight is 263 g/mol. The summed E-state index contributed by atoms with van der Waals surface area (Å²) in [5, 5.41) is 0. The number of pyridine rings is 1. The fraction of sp³-hybridized carbons (Fsp3) is 0.571. The molecular formula is C14H21N3O2. The molecule has 1 fully saturated rings. The maximum atomic E-state index is 12.3. The van der Waals surface area contributed by atoms with E-state index in [1.165, 1.54) is 12.3 Å². The highest BCUT2D eigenvalue weighted by atomic mass is 16.2. The van der Waals surface area contributed by atoms with Crippen LogP contribution in [0.5, 0.6) is 0 Å². The molecule has 0 bridgehead atoms. The zero-order chi connectivity index (χ0) is 14.0. The molecule has 1 aliphatic rings. The van der Waals surface area contributed by atoms with Gasteiger partial charge in [-0.25, -0.2) is 0 Å². The van der Waals surface area contributed by atoms with E-state index in [1.54, 1.807) is 11.8 Å². The molecule has 5 nitrogen and oxygen atoms in total. The Balaban J connectivity index is 2.07. The Hall–Kier alpha value is -1.62. The second kappa shape index (κ2) is 5.57. The molecule has 1 aromatic rings. The van der Waals surface area contributed by atoms with E-state index < -0.39 is 0 Å². The Morgan fingerprint density at radius 1 is 1.26 bits per heavy atom. The van der Waals surface area contributed by atoms with Gasteiger partial charge in [-0.2, -0.15) is 0 Å². The fourth-order valence-electron chi connectivity index (χ4n) is 2.35. The predicted octanol–water partition coefficient (Wildman–Crippen LogP) is 0.850. The number of amides is 1. The van der Waals surface area contributed by atoms with E-state index in [0.29, 0.717) is 19.1 Å². The minimum absolute atomic E-state index is 0.162. The number of rotatable bonds is 2. The van der Waals surface area contributed by atoms with Crippen molar-refractivity contribution in [1.29, 1.82) is 0 Å². The lowest BCUT2D eigenvalue weighted by Gasteiger charge is -2.36. The molecule has 0 atom stereocenters. The predicted molar refractivity (Wildman–Crippen MR) is 74.4 cm³/mol. The van der Waals surface area contributed by atoms with Crippen molar-refractivity contribution in [2.24, 2.45) is 0 Å². The molecule has 0 aromatic carbocycles. The van der Waals surface area contributed by atoms with E-state index in [1.807, 2.05) is 0 Å². The Bertz CT molecular complexity index is 514. The fourth-order valence-corrected chi connectivity index (χ4v) is 2.35. The summed E-state index contributed by atoms with van der Waals surface area (Å²) in [4.78, 5) is 31.1. The summed E-state index contributed by atoms with van der Waals surface area (Å²) in [6, 6.07) is 1.97. The molecule has 1 aliphatic heterocycles. The van der Waals surface area contributed by atoms with Crippen LogP contribution in [0.2, 0.25) is 0 Å². The van der Waals surface area contributed by atoms with Crippen LogP contribution in [0.4, 0.5) is 0 Å². The number of nitrogens with one attached hydrogen (secondary N) is 1. The van der Waals surface area contributed by atoms with E-state index >= 15 is 0 Å². The van der Waals surface area contributed by atoms with Crippen molar-refractivity contribution in [2.75, 3.05) is 26.2 Å². The van der Waals surface area contributed by atoms with E-state index in [9.17, 15) is 9.59 Å². The molecule has 2 rings (SSSR count). The largest absolute Gasteiger partial charge is 0.364 e. The molecule has 0 spiro atoms. The number of H-pyrrole nitrogens is 1. The number of aromatic nitrogens is 1. The summed E-state index contributed by atoms with van der Waals surface area (Å²) in [7, 11) is 0. The number of carbonyl (C=O) groups is 1. The Morgan fingerprint density at radius 3 is 2.42 bits per heavy atom. The summed E-state index contributed by atoms with van der Waals surface area (Å²) in [5.74, 6) is -0.162. The smallest absolute Gasteiger partial charge is 0.259 e. The number of hydrogen-bond acceptors (Lipinski definition) is 3. The van der Waals surface area contributed by atoms with Crippen molar-refractivity contribution in [1.82, 2.24) is 14.8 Å². The topological polar surface area (TPSA) is 56.4 Å². The van der Waals surface area contributed by atoms with Crippen molar-refractivity contribution < 1.29 is 4.79 Å². The van der Waals surface area contributed by atoms with Gasteiger partial charge in [0.25, 0.3) is 5.91 Å². The van der Waals surface area contributed by atoms with Crippen molar-refractivity contribution in [3.63, 3.8) is 0 Å². The summed E-state index contributed by atoms with van der Waals surface area (Å²) < 4.78 is 0. The number of carbonyl (C=O) groups excluding carboxylic acids is 1. The van der Waals surface area contributed by atoms with Gasteiger partial charge in [0.2, 0.25) is 0 Å². The van der Waals surface area contributed by atoms with Crippen molar-refractivity contribution in [3.8, 4) is 0 Å². The van der Waals surface area contributed by atoms with Crippen LogP contribution < -0.4 is 5.43 Å². The molecule has 0 unspecified atom stereocenters. The molecule has 2 heterocycles. The van der Waals surface area contributed by atoms with E-state index in [4.69, 9.17) is 0 Å². The maximum absolute atomic E-state index is 12.3. The van der Waals surface area contributed by atoms with E-state index in [0.717, 1.165) is 18.8 Å². The number of nitrogens with zero attached hydrogens (tertiary/aromatic N) is 2. The Morgan fingerprint density at radius 2 is 1.89 bits per heavy atom. The number of piperazine rings is 1. The number of hydrogen-bond donors (Lipinski definition) is 1. The highest BCUT2D eigenvalue weighted by Gasteiger charge is 2.24. The van der Waals surface area contributed by atoms with Gasteiger partial charge in [0.05, 0.1) is 0 Å². The average Bonchev–Trinajstić information content (AvgIpc) is 2.38. The second-order valence-electron chi connectivity index (χ2n) is 5.32.